The summed E-state index contributed by atoms with van der Waals surface area (Å²) < 4.78 is 13.5. The molecule has 1 aromatic carbocycles. The number of benzene rings is 1. The van der Waals surface area contributed by atoms with Crippen LogP contribution in [-0.4, -0.2) is 16.9 Å². The SMILES string of the molecule is CCC(C(=O)O)C(=O)c1ccc(C#N)cc1F. The third kappa shape index (κ3) is 2.67. The number of rotatable bonds is 4. The van der Waals surface area contributed by atoms with Gasteiger partial charge in [0.2, 0.25) is 0 Å². The molecule has 1 atom stereocenters. The number of carbonyl (C=O) groups is 2. The molecule has 0 spiro atoms. The Balaban J connectivity index is 3.13. The zero-order valence-corrected chi connectivity index (χ0v) is 9.11. The molecule has 4 nitrogen and oxygen atoms in total. The topological polar surface area (TPSA) is 78.2 Å². The van der Waals surface area contributed by atoms with E-state index in [1.54, 1.807) is 6.07 Å². The number of hydrogen-bond donors (Lipinski definition) is 1. The van der Waals surface area contributed by atoms with Crippen molar-refractivity contribution < 1.29 is 19.1 Å². The first-order chi connectivity index (χ1) is 8.01. The van der Waals surface area contributed by atoms with E-state index >= 15 is 0 Å². The van der Waals surface area contributed by atoms with Gasteiger partial charge in [0, 0.05) is 0 Å². The molecule has 0 fully saturated rings. The monoisotopic (exact) mass is 235 g/mol. The maximum atomic E-state index is 13.5. The Morgan fingerprint density at radius 3 is 2.59 bits per heavy atom. The predicted molar refractivity (Wildman–Crippen MR) is 56.9 cm³/mol. The molecule has 5 heteroatoms. The molecule has 0 saturated carbocycles. The number of Topliss-reactive ketones (excluding diaryl/α,β-unsaturated/α-hetero) is 1. The second-order valence-electron chi connectivity index (χ2n) is 3.47. The van der Waals surface area contributed by atoms with Gasteiger partial charge in [0.25, 0.3) is 0 Å². The Morgan fingerprint density at radius 2 is 2.18 bits per heavy atom. The molecule has 17 heavy (non-hydrogen) atoms. The van der Waals surface area contributed by atoms with Crippen LogP contribution < -0.4 is 0 Å². The number of aliphatic carboxylic acids is 1. The van der Waals surface area contributed by atoms with Gasteiger partial charge >= 0.3 is 5.97 Å². The Kier molecular flexibility index (Phi) is 3.94. The normalized spacial score (nSPS) is 11.6. The number of halogens is 1. The van der Waals surface area contributed by atoms with E-state index in [9.17, 15) is 14.0 Å². The summed E-state index contributed by atoms with van der Waals surface area (Å²) in [6, 6.07) is 5.07. The molecule has 0 heterocycles. The van der Waals surface area contributed by atoms with Crippen molar-refractivity contribution >= 4 is 11.8 Å². The van der Waals surface area contributed by atoms with E-state index in [0.717, 1.165) is 12.1 Å². The highest BCUT2D eigenvalue weighted by atomic mass is 19.1. The molecular formula is C12H10FNO3. The minimum atomic E-state index is -1.28. The zero-order valence-electron chi connectivity index (χ0n) is 9.11. The van der Waals surface area contributed by atoms with E-state index in [1.165, 1.54) is 13.0 Å². The minimum Gasteiger partial charge on any atom is -0.481 e. The number of hydrogen-bond acceptors (Lipinski definition) is 3. The molecule has 0 aliphatic heterocycles. The standard InChI is InChI=1S/C12H10FNO3/c1-2-8(12(16)17)11(15)9-4-3-7(6-14)5-10(9)13/h3-5,8H,2H2,1H3,(H,16,17). The second kappa shape index (κ2) is 5.21. The van der Waals surface area contributed by atoms with Crippen LogP contribution in [0.15, 0.2) is 18.2 Å². The highest BCUT2D eigenvalue weighted by Gasteiger charge is 2.27. The quantitative estimate of drug-likeness (QED) is 0.639. The Hall–Kier alpha value is -2.22. The van der Waals surface area contributed by atoms with Crippen molar-refractivity contribution in [2.45, 2.75) is 13.3 Å². The van der Waals surface area contributed by atoms with Gasteiger partial charge in [-0.3, -0.25) is 9.59 Å². The smallest absolute Gasteiger partial charge is 0.314 e. The molecule has 1 rings (SSSR count). The van der Waals surface area contributed by atoms with Crippen molar-refractivity contribution in [1.82, 2.24) is 0 Å². The van der Waals surface area contributed by atoms with Crippen LogP contribution in [0.25, 0.3) is 0 Å². The maximum Gasteiger partial charge on any atom is 0.314 e. The highest BCUT2D eigenvalue weighted by molar-refractivity contribution is 6.08. The summed E-state index contributed by atoms with van der Waals surface area (Å²) in [5.41, 5.74) is -0.208. The molecule has 0 saturated heterocycles. The summed E-state index contributed by atoms with van der Waals surface area (Å²) >= 11 is 0. The maximum absolute atomic E-state index is 13.5. The van der Waals surface area contributed by atoms with Crippen molar-refractivity contribution in [2.75, 3.05) is 0 Å². The van der Waals surface area contributed by atoms with Gasteiger partial charge in [-0.1, -0.05) is 6.92 Å². The lowest BCUT2D eigenvalue weighted by atomic mass is 9.94. The van der Waals surface area contributed by atoms with E-state index in [4.69, 9.17) is 10.4 Å². The molecule has 0 aliphatic rings. The molecule has 1 unspecified atom stereocenters. The fourth-order valence-electron chi connectivity index (χ4n) is 1.44. The lowest BCUT2D eigenvalue weighted by molar-refractivity contribution is -0.140. The summed E-state index contributed by atoms with van der Waals surface area (Å²) in [5, 5.41) is 17.3. The highest BCUT2D eigenvalue weighted by Crippen LogP contribution is 2.17. The third-order valence-corrected chi connectivity index (χ3v) is 2.39. The van der Waals surface area contributed by atoms with Crippen LogP contribution >= 0.6 is 0 Å². The number of nitriles is 1. The Labute approximate surface area is 97.3 Å². The van der Waals surface area contributed by atoms with Crippen molar-refractivity contribution in [3.8, 4) is 6.07 Å². The lowest BCUT2D eigenvalue weighted by Gasteiger charge is -2.09. The molecule has 0 aromatic heterocycles. The number of ketones is 1. The van der Waals surface area contributed by atoms with Crippen LogP contribution in [0.4, 0.5) is 4.39 Å². The fraction of sp³-hybridized carbons (Fsp3) is 0.250. The van der Waals surface area contributed by atoms with Gasteiger partial charge in [0.05, 0.1) is 17.2 Å². The summed E-state index contributed by atoms with van der Waals surface area (Å²) in [4.78, 5) is 22.5. The Bertz CT molecular complexity index is 505. The zero-order chi connectivity index (χ0) is 13.0. The van der Waals surface area contributed by atoms with Crippen LogP contribution in [0.1, 0.15) is 29.3 Å². The van der Waals surface area contributed by atoms with Crippen LogP contribution in [0, 0.1) is 23.1 Å². The summed E-state index contributed by atoms with van der Waals surface area (Å²) in [7, 11) is 0. The summed E-state index contributed by atoms with van der Waals surface area (Å²) in [5.74, 6) is -4.17. The van der Waals surface area contributed by atoms with E-state index in [1.807, 2.05) is 0 Å². The summed E-state index contributed by atoms with van der Waals surface area (Å²) in [6.45, 7) is 1.54. The number of carboxylic acids is 1. The number of carboxylic acid groups (broad SMARTS) is 1. The molecule has 88 valence electrons. The van der Waals surface area contributed by atoms with E-state index in [0.29, 0.717) is 0 Å². The molecule has 0 amide bonds. The first-order valence-corrected chi connectivity index (χ1v) is 4.98. The van der Waals surface area contributed by atoms with Gasteiger partial charge in [0.1, 0.15) is 11.7 Å². The van der Waals surface area contributed by atoms with Crippen molar-refractivity contribution in [1.29, 1.82) is 5.26 Å². The summed E-state index contributed by atoms with van der Waals surface area (Å²) in [6.07, 6.45) is 0.0909. The third-order valence-electron chi connectivity index (χ3n) is 2.39. The van der Waals surface area contributed by atoms with Crippen LogP contribution in [0.5, 0.6) is 0 Å². The first kappa shape index (κ1) is 12.8. The molecule has 0 bridgehead atoms. The average molecular weight is 235 g/mol. The van der Waals surface area contributed by atoms with Gasteiger partial charge in [0.15, 0.2) is 5.78 Å². The first-order valence-electron chi connectivity index (χ1n) is 4.98. The average Bonchev–Trinajstić information content (AvgIpc) is 2.28. The molecule has 1 aromatic rings. The minimum absolute atomic E-state index is 0.0856. The second-order valence-corrected chi connectivity index (χ2v) is 3.47. The number of nitrogens with zero attached hydrogens (tertiary/aromatic N) is 1. The van der Waals surface area contributed by atoms with E-state index in [2.05, 4.69) is 0 Å². The van der Waals surface area contributed by atoms with E-state index in [-0.39, 0.29) is 17.5 Å². The van der Waals surface area contributed by atoms with Crippen molar-refractivity contribution in [3.63, 3.8) is 0 Å². The van der Waals surface area contributed by atoms with Gasteiger partial charge in [-0.2, -0.15) is 5.26 Å². The van der Waals surface area contributed by atoms with Crippen LogP contribution in [0.2, 0.25) is 0 Å². The predicted octanol–water partition coefficient (Wildman–Crippen LogP) is 1.99. The van der Waals surface area contributed by atoms with Crippen molar-refractivity contribution in [3.05, 3.63) is 35.1 Å². The molecule has 0 aliphatic carbocycles. The molecular weight excluding hydrogens is 225 g/mol. The largest absolute Gasteiger partial charge is 0.481 e. The van der Waals surface area contributed by atoms with Gasteiger partial charge in [-0.05, 0) is 24.6 Å². The van der Waals surface area contributed by atoms with Crippen LogP contribution in [0.3, 0.4) is 0 Å². The molecule has 1 N–H and O–H groups in total. The Morgan fingerprint density at radius 1 is 1.53 bits per heavy atom. The molecule has 0 radical (unpaired) electrons. The van der Waals surface area contributed by atoms with Gasteiger partial charge in [-0.15, -0.1) is 0 Å². The fourth-order valence-corrected chi connectivity index (χ4v) is 1.44. The van der Waals surface area contributed by atoms with Gasteiger partial charge < -0.3 is 5.11 Å². The van der Waals surface area contributed by atoms with E-state index < -0.39 is 23.5 Å². The van der Waals surface area contributed by atoms with Gasteiger partial charge in [-0.25, -0.2) is 4.39 Å². The van der Waals surface area contributed by atoms with Crippen LogP contribution in [-0.2, 0) is 4.79 Å². The lowest BCUT2D eigenvalue weighted by Crippen LogP contribution is -2.24. The number of carbonyl (C=O) groups excluding carboxylic acids is 1. The van der Waals surface area contributed by atoms with Crippen molar-refractivity contribution in [2.24, 2.45) is 5.92 Å².